The van der Waals surface area contributed by atoms with Crippen molar-refractivity contribution in [1.29, 1.82) is 0 Å². The quantitative estimate of drug-likeness (QED) is 0.893. The average molecular weight is 331 g/mol. The van der Waals surface area contributed by atoms with Crippen LogP contribution in [0.1, 0.15) is 18.4 Å². The summed E-state index contributed by atoms with van der Waals surface area (Å²) in [5.41, 5.74) is 1.83. The standard InChI is InChI=1S/C18H19ClN2O2/c19-15-5-3-14(4-6-15)13-23-17-9-7-16(8-10-17)20-18(22)21-11-1-2-12-21/h3-10H,1-2,11-13H2,(H,20,22). The number of ether oxygens (including phenoxy) is 1. The van der Waals surface area contributed by atoms with Gasteiger partial charge in [0.2, 0.25) is 0 Å². The number of anilines is 1. The second-order valence-electron chi connectivity index (χ2n) is 5.56. The fraction of sp³-hybridized carbons (Fsp3) is 0.278. The molecule has 0 spiro atoms. The molecule has 120 valence electrons. The van der Waals surface area contributed by atoms with Gasteiger partial charge in [-0.05, 0) is 54.8 Å². The third-order valence-corrected chi connectivity index (χ3v) is 4.07. The van der Waals surface area contributed by atoms with E-state index < -0.39 is 0 Å². The van der Waals surface area contributed by atoms with Crippen LogP contribution in [0.25, 0.3) is 0 Å². The SMILES string of the molecule is O=C(Nc1ccc(OCc2ccc(Cl)cc2)cc1)N1CCCC1. The Balaban J connectivity index is 1.52. The van der Waals surface area contributed by atoms with E-state index in [9.17, 15) is 4.79 Å². The molecule has 1 fully saturated rings. The predicted molar refractivity (Wildman–Crippen MR) is 92.1 cm³/mol. The highest BCUT2D eigenvalue weighted by atomic mass is 35.5. The number of nitrogens with zero attached hydrogens (tertiary/aromatic N) is 1. The molecule has 0 atom stereocenters. The Hall–Kier alpha value is -2.20. The number of benzene rings is 2. The number of hydrogen-bond acceptors (Lipinski definition) is 2. The van der Waals surface area contributed by atoms with Crippen molar-refractivity contribution in [2.45, 2.75) is 19.4 Å². The van der Waals surface area contributed by atoms with Gasteiger partial charge in [-0.15, -0.1) is 0 Å². The minimum absolute atomic E-state index is 0.0302. The molecule has 4 nitrogen and oxygen atoms in total. The molecule has 0 unspecified atom stereocenters. The number of amides is 2. The van der Waals surface area contributed by atoms with Crippen LogP contribution in [-0.2, 0) is 6.61 Å². The summed E-state index contributed by atoms with van der Waals surface area (Å²) in [6.45, 7) is 2.17. The molecule has 2 aromatic carbocycles. The van der Waals surface area contributed by atoms with E-state index in [4.69, 9.17) is 16.3 Å². The highest BCUT2D eigenvalue weighted by Crippen LogP contribution is 2.19. The van der Waals surface area contributed by atoms with Gasteiger partial charge in [-0.1, -0.05) is 23.7 Å². The molecule has 5 heteroatoms. The smallest absolute Gasteiger partial charge is 0.321 e. The summed E-state index contributed by atoms with van der Waals surface area (Å²) in [6, 6.07) is 15.0. The summed E-state index contributed by atoms with van der Waals surface area (Å²) in [7, 11) is 0. The minimum Gasteiger partial charge on any atom is -0.489 e. The van der Waals surface area contributed by atoms with E-state index in [1.165, 1.54) is 0 Å². The molecule has 0 radical (unpaired) electrons. The molecule has 1 aliphatic rings. The lowest BCUT2D eigenvalue weighted by Crippen LogP contribution is -2.32. The summed E-state index contributed by atoms with van der Waals surface area (Å²) >= 11 is 5.86. The Kier molecular flexibility index (Phi) is 5.03. The van der Waals surface area contributed by atoms with Gasteiger partial charge >= 0.3 is 6.03 Å². The van der Waals surface area contributed by atoms with Gasteiger partial charge in [0.1, 0.15) is 12.4 Å². The fourth-order valence-corrected chi connectivity index (χ4v) is 2.63. The summed E-state index contributed by atoms with van der Waals surface area (Å²) < 4.78 is 5.73. The third-order valence-electron chi connectivity index (χ3n) is 3.82. The Morgan fingerprint density at radius 3 is 2.35 bits per heavy atom. The lowest BCUT2D eigenvalue weighted by atomic mass is 10.2. The highest BCUT2D eigenvalue weighted by Gasteiger charge is 2.17. The van der Waals surface area contributed by atoms with Crippen molar-refractivity contribution in [3.8, 4) is 5.75 Å². The van der Waals surface area contributed by atoms with Gasteiger partial charge in [0.15, 0.2) is 0 Å². The molecule has 1 saturated heterocycles. The number of rotatable bonds is 4. The molecule has 23 heavy (non-hydrogen) atoms. The van der Waals surface area contributed by atoms with Crippen LogP contribution in [0.2, 0.25) is 5.02 Å². The van der Waals surface area contributed by atoms with E-state index in [1.807, 2.05) is 53.4 Å². The molecule has 1 aliphatic heterocycles. The molecule has 1 heterocycles. The average Bonchev–Trinajstić information content (AvgIpc) is 3.10. The maximum atomic E-state index is 12.0. The number of urea groups is 1. The molecule has 0 bridgehead atoms. The monoisotopic (exact) mass is 330 g/mol. The van der Waals surface area contributed by atoms with Crippen LogP contribution in [0.5, 0.6) is 5.75 Å². The largest absolute Gasteiger partial charge is 0.489 e. The third kappa shape index (κ3) is 4.39. The van der Waals surface area contributed by atoms with Crippen molar-refractivity contribution in [1.82, 2.24) is 4.90 Å². The molecule has 0 aromatic heterocycles. The lowest BCUT2D eigenvalue weighted by molar-refractivity contribution is 0.222. The van der Waals surface area contributed by atoms with Gasteiger partial charge in [-0.2, -0.15) is 0 Å². The zero-order valence-corrected chi connectivity index (χ0v) is 13.6. The van der Waals surface area contributed by atoms with Gasteiger partial charge < -0.3 is 15.0 Å². The van der Waals surface area contributed by atoms with E-state index in [2.05, 4.69) is 5.32 Å². The van der Waals surface area contributed by atoms with Gasteiger partial charge in [0.25, 0.3) is 0 Å². The normalized spacial score (nSPS) is 13.9. The van der Waals surface area contributed by atoms with E-state index in [1.54, 1.807) is 0 Å². The first-order chi connectivity index (χ1) is 11.2. The Morgan fingerprint density at radius 1 is 1.04 bits per heavy atom. The number of hydrogen-bond donors (Lipinski definition) is 1. The molecule has 2 aromatic rings. The van der Waals surface area contributed by atoms with E-state index in [0.717, 1.165) is 42.9 Å². The zero-order valence-electron chi connectivity index (χ0n) is 12.8. The second-order valence-corrected chi connectivity index (χ2v) is 6.00. The van der Waals surface area contributed by atoms with Crippen molar-refractivity contribution in [3.05, 3.63) is 59.1 Å². The summed E-state index contributed by atoms with van der Waals surface area (Å²) in [5, 5.41) is 3.62. The fourth-order valence-electron chi connectivity index (χ4n) is 2.50. The first-order valence-corrected chi connectivity index (χ1v) is 8.12. The number of likely N-dealkylation sites (tertiary alicyclic amines) is 1. The Labute approximate surface area is 141 Å². The van der Waals surface area contributed by atoms with Crippen molar-refractivity contribution < 1.29 is 9.53 Å². The minimum atomic E-state index is -0.0302. The van der Waals surface area contributed by atoms with Crippen LogP contribution < -0.4 is 10.1 Å². The number of halogens is 1. The molecule has 2 amide bonds. The van der Waals surface area contributed by atoms with Crippen molar-refractivity contribution in [2.24, 2.45) is 0 Å². The van der Waals surface area contributed by atoms with Crippen molar-refractivity contribution >= 4 is 23.3 Å². The molecule has 0 saturated carbocycles. The molecule has 1 N–H and O–H groups in total. The summed E-state index contributed by atoms with van der Waals surface area (Å²) in [5.74, 6) is 0.763. The number of nitrogens with one attached hydrogen (secondary N) is 1. The number of carbonyl (C=O) groups excluding carboxylic acids is 1. The maximum Gasteiger partial charge on any atom is 0.321 e. The lowest BCUT2D eigenvalue weighted by Gasteiger charge is -2.16. The van der Waals surface area contributed by atoms with Crippen LogP contribution in [0, 0.1) is 0 Å². The summed E-state index contributed by atoms with van der Waals surface area (Å²) in [4.78, 5) is 13.8. The van der Waals surface area contributed by atoms with E-state index >= 15 is 0 Å². The van der Waals surface area contributed by atoms with E-state index in [-0.39, 0.29) is 6.03 Å². The summed E-state index contributed by atoms with van der Waals surface area (Å²) in [6.07, 6.45) is 2.18. The van der Waals surface area contributed by atoms with Crippen molar-refractivity contribution in [3.63, 3.8) is 0 Å². The van der Waals surface area contributed by atoms with Gasteiger partial charge in [-0.25, -0.2) is 4.79 Å². The topological polar surface area (TPSA) is 41.6 Å². The van der Waals surface area contributed by atoms with Gasteiger partial charge in [0.05, 0.1) is 0 Å². The maximum absolute atomic E-state index is 12.0. The Morgan fingerprint density at radius 2 is 1.70 bits per heavy atom. The van der Waals surface area contributed by atoms with Crippen LogP contribution >= 0.6 is 11.6 Å². The second kappa shape index (κ2) is 7.38. The first kappa shape index (κ1) is 15.7. The molecular weight excluding hydrogens is 312 g/mol. The van der Waals surface area contributed by atoms with Gasteiger partial charge in [0, 0.05) is 23.8 Å². The number of carbonyl (C=O) groups is 1. The van der Waals surface area contributed by atoms with Crippen molar-refractivity contribution in [2.75, 3.05) is 18.4 Å². The Bertz CT molecular complexity index is 650. The van der Waals surface area contributed by atoms with Crippen LogP contribution in [0.3, 0.4) is 0 Å². The van der Waals surface area contributed by atoms with Gasteiger partial charge in [-0.3, -0.25) is 0 Å². The molecular formula is C18H19ClN2O2. The van der Waals surface area contributed by atoms with Crippen LogP contribution in [-0.4, -0.2) is 24.0 Å². The van der Waals surface area contributed by atoms with Crippen LogP contribution in [0.15, 0.2) is 48.5 Å². The predicted octanol–water partition coefficient (Wildman–Crippen LogP) is 4.55. The molecule has 3 rings (SSSR count). The molecule has 0 aliphatic carbocycles. The highest BCUT2D eigenvalue weighted by molar-refractivity contribution is 6.30. The van der Waals surface area contributed by atoms with E-state index in [0.29, 0.717) is 11.6 Å². The zero-order chi connectivity index (χ0) is 16.1. The van der Waals surface area contributed by atoms with Crippen LogP contribution in [0.4, 0.5) is 10.5 Å². The first-order valence-electron chi connectivity index (χ1n) is 7.74.